The molecule has 5 heteroatoms. The van der Waals surface area contributed by atoms with Gasteiger partial charge in [-0.25, -0.2) is 0 Å². The van der Waals surface area contributed by atoms with Crippen LogP contribution in [0.25, 0.3) is 10.9 Å². The molecule has 27 heavy (non-hydrogen) atoms. The Morgan fingerprint density at radius 3 is 2.78 bits per heavy atom. The van der Waals surface area contributed by atoms with Gasteiger partial charge in [-0.2, -0.15) is 0 Å². The normalized spacial score (nSPS) is 23.8. The summed E-state index contributed by atoms with van der Waals surface area (Å²) >= 11 is 0. The van der Waals surface area contributed by atoms with Gasteiger partial charge in [0.15, 0.2) is 0 Å². The Morgan fingerprint density at radius 2 is 2.07 bits per heavy atom. The molecule has 1 amide bonds. The van der Waals surface area contributed by atoms with E-state index in [4.69, 9.17) is 4.74 Å². The molecule has 2 aromatic rings. The molecule has 1 aromatic carbocycles. The lowest BCUT2D eigenvalue weighted by Gasteiger charge is -2.34. The van der Waals surface area contributed by atoms with Gasteiger partial charge in [0.2, 0.25) is 5.91 Å². The van der Waals surface area contributed by atoms with E-state index in [9.17, 15) is 4.79 Å². The summed E-state index contributed by atoms with van der Waals surface area (Å²) in [4.78, 5) is 18.8. The number of nitrogens with zero attached hydrogens (tertiary/aromatic N) is 1. The highest BCUT2D eigenvalue weighted by Gasteiger charge is 2.33. The van der Waals surface area contributed by atoms with Crippen molar-refractivity contribution in [1.82, 2.24) is 15.2 Å². The highest BCUT2D eigenvalue weighted by Crippen LogP contribution is 2.34. The minimum absolute atomic E-state index is 0.167. The number of nitrogens with one attached hydrogen (secondary N) is 2. The first-order chi connectivity index (χ1) is 13.1. The van der Waals surface area contributed by atoms with Crippen molar-refractivity contribution in [1.29, 1.82) is 0 Å². The molecule has 5 nitrogen and oxygen atoms in total. The number of carbonyl (C=O) groups excluding carboxylic acids is 1. The van der Waals surface area contributed by atoms with Gasteiger partial charge in [-0.15, -0.1) is 0 Å². The molecule has 0 radical (unpaired) electrons. The predicted octanol–water partition coefficient (Wildman–Crippen LogP) is 3.41. The van der Waals surface area contributed by atoms with Gasteiger partial charge in [0.05, 0.1) is 12.1 Å². The summed E-state index contributed by atoms with van der Waals surface area (Å²) < 4.78 is 5.46. The highest BCUT2D eigenvalue weighted by atomic mass is 16.5. The van der Waals surface area contributed by atoms with E-state index in [0.29, 0.717) is 12.0 Å². The molecule has 1 fully saturated rings. The number of rotatable bonds is 4. The lowest BCUT2D eigenvalue weighted by molar-refractivity contribution is -0.136. The molecule has 0 saturated carbocycles. The first-order valence-corrected chi connectivity index (χ1v) is 10.2. The van der Waals surface area contributed by atoms with Crippen LogP contribution in [-0.2, 0) is 16.0 Å². The molecule has 2 N–H and O–H groups in total. The van der Waals surface area contributed by atoms with Crippen LogP contribution in [0.5, 0.6) is 0 Å². The third-order valence-electron chi connectivity index (χ3n) is 6.11. The zero-order valence-corrected chi connectivity index (χ0v) is 16.6. The van der Waals surface area contributed by atoms with E-state index < -0.39 is 0 Å². The van der Waals surface area contributed by atoms with E-state index in [-0.39, 0.29) is 18.0 Å². The Kier molecular flexibility index (Phi) is 5.24. The summed E-state index contributed by atoms with van der Waals surface area (Å²) in [5.74, 6) is 0.798. The summed E-state index contributed by atoms with van der Waals surface area (Å²) in [6.45, 7) is 6.08. The molecule has 0 spiro atoms. The van der Waals surface area contributed by atoms with Crippen LogP contribution >= 0.6 is 0 Å². The number of benzene rings is 1. The number of likely N-dealkylation sites (tertiary alicyclic amines) is 1. The van der Waals surface area contributed by atoms with Gasteiger partial charge in [-0.3, -0.25) is 10.1 Å². The Hall–Kier alpha value is -1.85. The summed E-state index contributed by atoms with van der Waals surface area (Å²) in [6.07, 6.45) is 6.01. The maximum Gasteiger partial charge on any atom is 0.240 e. The number of amides is 1. The first kappa shape index (κ1) is 18.5. The standard InChI is InChI=1S/C22H31N3O2/c1-14(2)11-19-17-5-4-6-18-21(17)15(13-23-18)12-20(24-19)22(26)25-9-7-16(27-3)8-10-25/h4-6,13-14,16,19-20,23-24H,7-12H2,1-3H3/t19-,20-/m0/s1. The average molecular weight is 370 g/mol. The molecule has 3 heterocycles. The van der Waals surface area contributed by atoms with E-state index >= 15 is 0 Å². The molecular weight excluding hydrogens is 338 g/mol. The Bertz CT molecular complexity index is 805. The second-order valence-corrected chi connectivity index (χ2v) is 8.45. The molecule has 2 aliphatic rings. The highest BCUT2D eigenvalue weighted by molar-refractivity contribution is 5.90. The van der Waals surface area contributed by atoms with Crippen molar-refractivity contribution < 1.29 is 9.53 Å². The minimum atomic E-state index is -0.167. The molecule has 0 bridgehead atoms. The quantitative estimate of drug-likeness (QED) is 0.868. The summed E-state index contributed by atoms with van der Waals surface area (Å²) in [7, 11) is 1.76. The number of hydrogen-bond acceptors (Lipinski definition) is 3. The number of hydrogen-bond donors (Lipinski definition) is 2. The van der Waals surface area contributed by atoms with Gasteiger partial charge in [-0.05, 0) is 48.8 Å². The second-order valence-electron chi connectivity index (χ2n) is 8.45. The number of carbonyl (C=O) groups is 1. The van der Waals surface area contributed by atoms with Crippen LogP contribution in [0.15, 0.2) is 24.4 Å². The van der Waals surface area contributed by atoms with Crippen LogP contribution in [0.4, 0.5) is 0 Å². The van der Waals surface area contributed by atoms with E-state index in [0.717, 1.165) is 38.8 Å². The third-order valence-corrected chi connectivity index (χ3v) is 6.11. The molecule has 146 valence electrons. The smallest absolute Gasteiger partial charge is 0.240 e. The Balaban J connectivity index is 1.61. The Labute approximate surface area is 161 Å². The Morgan fingerprint density at radius 1 is 1.30 bits per heavy atom. The van der Waals surface area contributed by atoms with Crippen LogP contribution in [0, 0.1) is 5.92 Å². The van der Waals surface area contributed by atoms with Crippen molar-refractivity contribution in [3.63, 3.8) is 0 Å². The van der Waals surface area contributed by atoms with E-state index in [1.54, 1.807) is 7.11 Å². The fourth-order valence-corrected chi connectivity index (χ4v) is 4.71. The zero-order valence-electron chi connectivity index (χ0n) is 16.6. The van der Waals surface area contributed by atoms with Crippen LogP contribution < -0.4 is 5.32 Å². The van der Waals surface area contributed by atoms with E-state index in [1.807, 2.05) is 4.90 Å². The lowest BCUT2D eigenvalue weighted by atomic mass is 9.94. The fraction of sp³-hybridized carbons (Fsp3) is 0.591. The van der Waals surface area contributed by atoms with Gasteiger partial charge in [0.1, 0.15) is 0 Å². The van der Waals surface area contributed by atoms with Crippen LogP contribution in [0.1, 0.15) is 50.3 Å². The first-order valence-electron chi connectivity index (χ1n) is 10.2. The fourth-order valence-electron chi connectivity index (χ4n) is 4.71. The number of ether oxygens (including phenoxy) is 1. The van der Waals surface area contributed by atoms with E-state index in [1.165, 1.54) is 22.0 Å². The summed E-state index contributed by atoms with van der Waals surface area (Å²) in [5.41, 5.74) is 3.75. The number of piperidine rings is 1. The van der Waals surface area contributed by atoms with Gasteiger partial charge in [0, 0.05) is 43.3 Å². The SMILES string of the molecule is COC1CCN(C(=O)[C@@H]2Cc3c[nH]c4cccc(c34)[C@H](CC(C)C)N2)CC1. The van der Waals surface area contributed by atoms with Crippen LogP contribution in [0.3, 0.4) is 0 Å². The number of aromatic amines is 1. The molecule has 0 aliphatic carbocycles. The van der Waals surface area contributed by atoms with Crippen molar-refractivity contribution >= 4 is 16.8 Å². The summed E-state index contributed by atoms with van der Waals surface area (Å²) in [6, 6.07) is 6.50. The largest absolute Gasteiger partial charge is 0.381 e. The molecule has 1 saturated heterocycles. The van der Waals surface area contributed by atoms with Gasteiger partial charge >= 0.3 is 0 Å². The molecule has 4 rings (SSSR count). The average Bonchev–Trinajstić information content (AvgIpc) is 3.01. The monoisotopic (exact) mass is 369 g/mol. The van der Waals surface area contributed by atoms with Crippen molar-refractivity contribution in [2.75, 3.05) is 20.2 Å². The van der Waals surface area contributed by atoms with Crippen LogP contribution in [-0.4, -0.2) is 48.1 Å². The maximum absolute atomic E-state index is 13.3. The predicted molar refractivity (Wildman–Crippen MR) is 108 cm³/mol. The minimum Gasteiger partial charge on any atom is -0.381 e. The van der Waals surface area contributed by atoms with E-state index in [2.05, 4.69) is 48.5 Å². The number of aromatic nitrogens is 1. The van der Waals surface area contributed by atoms with Crippen molar-refractivity contribution in [2.24, 2.45) is 5.92 Å². The van der Waals surface area contributed by atoms with Gasteiger partial charge in [-0.1, -0.05) is 26.0 Å². The van der Waals surface area contributed by atoms with Crippen molar-refractivity contribution in [2.45, 2.75) is 57.7 Å². The maximum atomic E-state index is 13.3. The van der Waals surface area contributed by atoms with Gasteiger partial charge < -0.3 is 14.6 Å². The van der Waals surface area contributed by atoms with Gasteiger partial charge in [0.25, 0.3) is 0 Å². The molecule has 2 atom stereocenters. The van der Waals surface area contributed by atoms with Crippen LogP contribution in [0.2, 0.25) is 0 Å². The molecule has 0 unspecified atom stereocenters. The van der Waals surface area contributed by atoms with Crippen molar-refractivity contribution in [3.8, 4) is 0 Å². The lowest BCUT2D eigenvalue weighted by Crippen LogP contribution is -2.51. The zero-order chi connectivity index (χ0) is 19.0. The molecule has 1 aromatic heterocycles. The number of H-pyrrole nitrogens is 1. The second kappa shape index (κ2) is 7.64. The molecule has 2 aliphatic heterocycles. The topological polar surface area (TPSA) is 57.4 Å². The van der Waals surface area contributed by atoms with Crippen molar-refractivity contribution in [3.05, 3.63) is 35.5 Å². The summed E-state index contributed by atoms with van der Waals surface area (Å²) in [5, 5.41) is 5.04. The molecular formula is C22H31N3O2. The third kappa shape index (κ3) is 3.63. The number of methoxy groups -OCH3 is 1.